The Morgan fingerprint density at radius 1 is 1.38 bits per heavy atom. The fourth-order valence-electron chi connectivity index (χ4n) is 1.52. The van der Waals surface area contributed by atoms with Crippen molar-refractivity contribution in [3.63, 3.8) is 0 Å². The van der Waals surface area contributed by atoms with E-state index in [1.165, 1.54) is 17.5 Å². The van der Waals surface area contributed by atoms with Crippen molar-refractivity contribution < 1.29 is 0 Å². The predicted molar refractivity (Wildman–Crippen MR) is 88.3 cm³/mol. The minimum atomic E-state index is 0.443. The quantitative estimate of drug-likeness (QED) is 0.488. The molecule has 0 bridgehead atoms. The van der Waals surface area contributed by atoms with Crippen molar-refractivity contribution >= 4 is 34.8 Å². The van der Waals surface area contributed by atoms with Crippen molar-refractivity contribution in [1.29, 1.82) is 5.26 Å². The zero-order valence-electron chi connectivity index (χ0n) is 11.6. The third-order valence-electron chi connectivity index (χ3n) is 2.50. The summed E-state index contributed by atoms with van der Waals surface area (Å²) in [6, 6.07) is 9.56. The maximum absolute atomic E-state index is 9.20. The van der Waals surface area contributed by atoms with Crippen molar-refractivity contribution in [1.82, 2.24) is 9.88 Å². The number of hydrogen-bond acceptors (Lipinski definition) is 4. The molecule has 1 aromatic heterocycles. The van der Waals surface area contributed by atoms with Gasteiger partial charge in [0.15, 0.2) is 0 Å². The van der Waals surface area contributed by atoms with Gasteiger partial charge in [0.05, 0.1) is 12.0 Å². The van der Waals surface area contributed by atoms with Gasteiger partial charge in [0.2, 0.25) is 0 Å². The van der Waals surface area contributed by atoms with Gasteiger partial charge in [-0.15, -0.1) is 11.3 Å². The fraction of sp³-hybridized carbons (Fsp3) is 0.133. The Morgan fingerprint density at radius 3 is 2.71 bits per heavy atom. The van der Waals surface area contributed by atoms with Gasteiger partial charge < -0.3 is 4.90 Å². The van der Waals surface area contributed by atoms with Gasteiger partial charge in [-0.3, -0.25) is 0 Å². The number of rotatable bonds is 4. The minimum Gasteiger partial charge on any atom is -0.369 e. The molecule has 0 spiro atoms. The number of nitriles is 1. The molecule has 2 aromatic rings. The van der Waals surface area contributed by atoms with E-state index in [4.69, 9.17) is 11.6 Å². The van der Waals surface area contributed by atoms with E-state index in [1.54, 1.807) is 11.2 Å². The molecule has 1 aromatic carbocycles. The Labute approximate surface area is 132 Å². The summed E-state index contributed by atoms with van der Waals surface area (Å²) in [5, 5.41) is 12.5. The highest BCUT2D eigenvalue weighted by Crippen LogP contribution is 2.26. The highest BCUT2D eigenvalue weighted by atomic mass is 35.5. The van der Waals surface area contributed by atoms with Crippen LogP contribution in [-0.2, 0) is 0 Å². The SMILES string of the molecule is CN(C)C=NC=C(C#N)c1nc(-c2ccc(Cl)cc2)cs1. The van der Waals surface area contributed by atoms with Gasteiger partial charge >= 0.3 is 0 Å². The Kier molecular flexibility index (Phi) is 5.09. The molecule has 0 atom stereocenters. The number of thiazole rings is 1. The highest BCUT2D eigenvalue weighted by Gasteiger charge is 2.08. The number of allylic oxidation sites excluding steroid dienone is 1. The van der Waals surface area contributed by atoms with E-state index >= 15 is 0 Å². The number of halogens is 1. The first-order chi connectivity index (χ1) is 10.1. The first kappa shape index (κ1) is 15.2. The van der Waals surface area contributed by atoms with Crippen LogP contribution in [0, 0.1) is 11.3 Å². The molecule has 4 nitrogen and oxygen atoms in total. The van der Waals surface area contributed by atoms with Crippen LogP contribution in [0.15, 0.2) is 40.8 Å². The molecule has 2 rings (SSSR count). The van der Waals surface area contributed by atoms with E-state index in [9.17, 15) is 5.26 Å². The van der Waals surface area contributed by atoms with Crippen molar-refractivity contribution in [3.8, 4) is 17.3 Å². The van der Waals surface area contributed by atoms with Gasteiger partial charge in [-0.05, 0) is 12.1 Å². The zero-order valence-corrected chi connectivity index (χ0v) is 13.2. The Hall–Kier alpha value is -2.16. The summed E-state index contributed by atoms with van der Waals surface area (Å²) in [4.78, 5) is 10.4. The number of aromatic nitrogens is 1. The average molecular weight is 317 g/mol. The summed E-state index contributed by atoms with van der Waals surface area (Å²) in [6.45, 7) is 0. The van der Waals surface area contributed by atoms with Crippen molar-refractivity contribution in [3.05, 3.63) is 45.9 Å². The zero-order chi connectivity index (χ0) is 15.2. The van der Waals surface area contributed by atoms with Crippen LogP contribution in [0.2, 0.25) is 5.02 Å². The van der Waals surface area contributed by atoms with Gasteiger partial charge in [-0.25, -0.2) is 9.98 Å². The molecule has 0 radical (unpaired) electrons. The number of nitrogens with zero attached hydrogens (tertiary/aromatic N) is 4. The normalized spacial score (nSPS) is 11.6. The first-order valence-electron chi connectivity index (χ1n) is 6.12. The Morgan fingerprint density at radius 2 is 2.10 bits per heavy atom. The topological polar surface area (TPSA) is 52.3 Å². The minimum absolute atomic E-state index is 0.443. The molecular formula is C15H13ClN4S. The molecular weight excluding hydrogens is 304 g/mol. The van der Waals surface area contributed by atoms with Gasteiger partial charge in [0.25, 0.3) is 0 Å². The first-order valence-corrected chi connectivity index (χ1v) is 7.37. The maximum atomic E-state index is 9.20. The van der Waals surface area contributed by atoms with Gasteiger partial charge in [-0.1, -0.05) is 23.7 Å². The lowest BCUT2D eigenvalue weighted by Crippen LogP contribution is -2.06. The predicted octanol–water partition coefficient (Wildman–Crippen LogP) is 3.92. The summed E-state index contributed by atoms with van der Waals surface area (Å²) < 4.78 is 0. The Bertz CT molecular complexity index is 708. The standard InChI is InChI=1S/C15H13ClN4S/c1-20(2)10-18-8-12(7-17)15-19-14(9-21-15)11-3-5-13(16)6-4-11/h3-6,8-10H,1-2H3. The van der Waals surface area contributed by atoms with Gasteiger partial charge in [0, 0.05) is 36.3 Å². The molecule has 0 amide bonds. The summed E-state index contributed by atoms with van der Waals surface area (Å²) >= 11 is 7.29. The van der Waals surface area contributed by atoms with Crippen LogP contribution in [0.5, 0.6) is 0 Å². The van der Waals surface area contributed by atoms with Crippen LogP contribution in [0.3, 0.4) is 0 Å². The Balaban J connectivity index is 2.26. The van der Waals surface area contributed by atoms with E-state index in [0.717, 1.165) is 11.3 Å². The van der Waals surface area contributed by atoms with E-state index in [1.807, 2.05) is 43.7 Å². The molecule has 0 saturated carbocycles. The second kappa shape index (κ2) is 7.02. The largest absolute Gasteiger partial charge is 0.369 e. The molecule has 106 valence electrons. The highest BCUT2D eigenvalue weighted by molar-refractivity contribution is 7.11. The van der Waals surface area contributed by atoms with Crippen molar-refractivity contribution in [2.75, 3.05) is 14.1 Å². The molecule has 0 aliphatic rings. The van der Waals surface area contributed by atoms with Crippen molar-refractivity contribution in [2.24, 2.45) is 4.99 Å². The summed E-state index contributed by atoms with van der Waals surface area (Å²) in [7, 11) is 3.73. The lowest BCUT2D eigenvalue weighted by Gasteiger charge is -1.99. The molecule has 0 aliphatic carbocycles. The monoisotopic (exact) mass is 316 g/mol. The van der Waals surface area contributed by atoms with Gasteiger partial charge in [-0.2, -0.15) is 5.26 Å². The van der Waals surface area contributed by atoms with Crippen LogP contribution < -0.4 is 0 Å². The molecule has 0 saturated heterocycles. The molecule has 6 heteroatoms. The third kappa shape index (κ3) is 4.15. The molecule has 21 heavy (non-hydrogen) atoms. The van der Waals surface area contributed by atoms with E-state index in [2.05, 4.69) is 16.0 Å². The molecule has 0 aliphatic heterocycles. The average Bonchev–Trinajstić information content (AvgIpc) is 2.93. The molecule has 0 fully saturated rings. The van der Waals surface area contributed by atoms with Gasteiger partial charge in [0.1, 0.15) is 16.6 Å². The summed E-state index contributed by atoms with van der Waals surface area (Å²) in [5.41, 5.74) is 2.23. The van der Waals surface area contributed by atoms with Crippen LogP contribution in [0.1, 0.15) is 5.01 Å². The lowest BCUT2D eigenvalue weighted by atomic mass is 10.2. The van der Waals surface area contributed by atoms with Crippen LogP contribution in [0.4, 0.5) is 0 Å². The molecule has 1 heterocycles. The van der Waals surface area contributed by atoms with E-state index < -0.39 is 0 Å². The maximum Gasteiger partial charge on any atom is 0.136 e. The second-order valence-electron chi connectivity index (χ2n) is 4.43. The third-order valence-corrected chi connectivity index (χ3v) is 3.62. The van der Waals surface area contributed by atoms with E-state index in [-0.39, 0.29) is 0 Å². The van der Waals surface area contributed by atoms with E-state index in [0.29, 0.717) is 15.6 Å². The van der Waals surface area contributed by atoms with Crippen molar-refractivity contribution in [2.45, 2.75) is 0 Å². The molecule has 0 unspecified atom stereocenters. The molecule has 0 N–H and O–H groups in total. The fourth-order valence-corrected chi connectivity index (χ4v) is 2.44. The number of benzene rings is 1. The second-order valence-corrected chi connectivity index (χ2v) is 5.72. The lowest BCUT2D eigenvalue weighted by molar-refractivity contribution is 0.643. The van der Waals surface area contributed by atoms with Crippen LogP contribution in [-0.4, -0.2) is 30.3 Å². The smallest absolute Gasteiger partial charge is 0.136 e. The number of hydrogen-bond donors (Lipinski definition) is 0. The summed E-state index contributed by atoms with van der Waals surface area (Å²) in [6.07, 6.45) is 3.15. The van der Waals surface area contributed by atoms with Crippen LogP contribution in [0.25, 0.3) is 16.8 Å². The number of aliphatic imine (C=N–C) groups is 1. The van der Waals surface area contributed by atoms with Crippen LogP contribution >= 0.6 is 22.9 Å². The summed E-state index contributed by atoms with van der Waals surface area (Å²) in [5.74, 6) is 0.